The van der Waals surface area contributed by atoms with Gasteiger partial charge in [0.05, 0.1) is 5.92 Å². The summed E-state index contributed by atoms with van der Waals surface area (Å²) in [6.45, 7) is 6.23. The van der Waals surface area contributed by atoms with E-state index in [2.05, 4.69) is 31.3 Å². The number of rotatable bonds is 10. The lowest BCUT2D eigenvalue weighted by Crippen LogP contribution is -2.38. The molecule has 1 unspecified atom stereocenters. The SMILES string of the molecule is CC(C)CC(C(=O)N[C@H](C)Cc1ccc(CCC=O)cc1)c1ccc(O)cc1. The molecule has 2 aromatic rings. The Morgan fingerprint density at radius 2 is 1.61 bits per heavy atom. The van der Waals surface area contributed by atoms with Gasteiger partial charge in [0.15, 0.2) is 0 Å². The second-order valence-corrected chi connectivity index (χ2v) is 7.91. The quantitative estimate of drug-likeness (QED) is 0.600. The van der Waals surface area contributed by atoms with Crippen LogP contribution in [0.25, 0.3) is 0 Å². The van der Waals surface area contributed by atoms with Crippen LogP contribution in [0.5, 0.6) is 5.75 Å². The van der Waals surface area contributed by atoms with Gasteiger partial charge >= 0.3 is 0 Å². The predicted octanol–water partition coefficient (Wildman–Crippen LogP) is 4.40. The van der Waals surface area contributed by atoms with Crippen molar-refractivity contribution in [1.29, 1.82) is 0 Å². The van der Waals surface area contributed by atoms with Crippen LogP contribution < -0.4 is 5.32 Å². The van der Waals surface area contributed by atoms with E-state index in [9.17, 15) is 14.7 Å². The second kappa shape index (κ2) is 10.6. The van der Waals surface area contributed by atoms with Crippen molar-refractivity contribution in [1.82, 2.24) is 5.32 Å². The molecule has 0 heterocycles. The van der Waals surface area contributed by atoms with Crippen LogP contribution in [0, 0.1) is 5.92 Å². The molecular formula is C24H31NO3. The van der Waals surface area contributed by atoms with Crippen molar-refractivity contribution in [3.05, 3.63) is 65.2 Å². The molecule has 0 saturated carbocycles. The molecule has 4 heteroatoms. The number of hydrogen-bond donors (Lipinski definition) is 2. The Bertz CT molecular complexity index is 750. The molecule has 0 aliphatic carbocycles. The number of aldehydes is 1. The van der Waals surface area contributed by atoms with Crippen LogP contribution in [0.2, 0.25) is 0 Å². The van der Waals surface area contributed by atoms with Gasteiger partial charge in [-0.25, -0.2) is 0 Å². The highest BCUT2D eigenvalue weighted by atomic mass is 16.3. The molecule has 0 fully saturated rings. The Morgan fingerprint density at radius 3 is 2.18 bits per heavy atom. The Kier molecular flexibility index (Phi) is 8.24. The van der Waals surface area contributed by atoms with E-state index in [0.29, 0.717) is 12.3 Å². The molecule has 4 nitrogen and oxygen atoms in total. The molecule has 0 radical (unpaired) electrons. The third-order valence-corrected chi connectivity index (χ3v) is 4.82. The van der Waals surface area contributed by atoms with E-state index in [-0.39, 0.29) is 23.6 Å². The fourth-order valence-corrected chi connectivity index (χ4v) is 3.39. The minimum atomic E-state index is -0.228. The largest absolute Gasteiger partial charge is 0.508 e. The number of hydrogen-bond acceptors (Lipinski definition) is 3. The lowest BCUT2D eigenvalue weighted by atomic mass is 9.89. The van der Waals surface area contributed by atoms with E-state index >= 15 is 0 Å². The average molecular weight is 382 g/mol. The van der Waals surface area contributed by atoms with Crippen LogP contribution in [0.3, 0.4) is 0 Å². The first-order valence-corrected chi connectivity index (χ1v) is 9.99. The summed E-state index contributed by atoms with van der Waals surface area (Å²) in [5, 5.41) is 12.7. The summed E-state index contributed by atoms with van der Waals surface area (Å²) in [4.78, 5) is 23.4. The van der Waals surface area contributed by atoms with Crippen molar-refractivity contribution in [3.8, 4) is 5.75 Å². The molecule has 0 aliphatic rings. The average Bonchev–Trinajstić information content (AvgIpc) is 2.66. The van der Waals surface area contributed by atoms with E-state index < -0.39 is 0 Å². The van der Waals surface area contributed by atoms with Crippen molar-refractivity contribution in [3.63, 3.8) is 0 Å². The maximum absolute atomic E-state index is 12.9. The van der Waals surface area contributed by atoms with Crippen molar-refractivity contribution >= 4 is 12.2 Å². The van der Waals surface area contributed by atoms with Gasteiger partial charge < -0.3 is 15.2 Å². The zero-order chi connectivity index (χ0) is 20.5. The Labute approximate surface area is 168 Å². The van der Waals surface area contributed by atoms with E-state index in [4.69, 9.17) is 0 Å². The third-order valence-electron chi connectivity index (χ3n) is 4.82. The molecule has 0 bridgehead atoms. The summed E-state index contributed by atoms with van der Waals surface area (Å²) in [6, 6.07) is 15.1. The molecule has 0 spiro atoms. The van der Waals surface area contributed by atoms with Crippen molar-refractivity contribution < 1.29 is 14.7 Å². The first-order valence-electron chi connectivity index (χ1n) is 9.99. The van der Waals surface area contributed by atoms with Crippen LogP contribution in [-0.2, 0) is 22.4 Å². The van der Waals surface area contributed by atoms with Gasteiger partial charge in [-0.2, -0.15) is 0 Å². The summed E-state index contributed by atoms with van der Waals surface area (Å²) in [5.41, 5.74) is 3.24. The molecule has 1 amide bonds. The molecule has 0 saturated heterocycles. The van der Waals surface area contributed by atoms with E-state index in [1.54, 1.807) is 12.1 Å². The summed E-state index contributed by atoms with van der Waals surface area (Å²) in [5.74, 6) is 0.388. The first kappa shape index (κ1) is 21.7. The summed E-state index contributed by atoms with van der Waals surface area (Å²) in [7, 11) is 0. The number of aromatic hydroxyl groups is 1. The van der Waals surface area contributed by atoms with Crippen LogP contribution in [-0.4, -0.2) is 23.3 Å². The molecule has 150 valence electrons. The van der Waals surface area contributed by atoms with Gasteiger partial charge in [0, 0.05) is 12.5 Å². The van der Waals surface area contributed by atoms with Gasteiger partial charge in [-0.3, -0.25) is 4.79 Å². The predicted molar refractivity (Wildman–Crippen MR) is 112 cm³/mol. The highest BCUT2D eigenvalue weighted by molar-refractivity contribution is 5.84. The number of phenolic OH excluding ortho intramolecular Hbond substituents is 1. The molecule has 2 N–H and O–H groups in total. The third kappa shape index (κ3) is 6.84. The molecule has 0 aliphatic heterocycles. The van der Waals surface area contributed by atoms with Gasteiger partial charge in [-0.1, -0.05) is 50.2 Å². The number of benzene rings is 2. The number of carbonyl (C=O) groups is 2. The lowest BCUT2D eigenvalue weighted by molar-refractivity contribution is -0.123. The first-order chi connectivity index (χ1) is 13.4. The smallest absolute Gasteiger partial charge is 0.227 e. The molecular weight excluding hydrogens is 350 g/mol. The minimum Gasteiger partial charge on any atom is -0.508 e. The number of nitrogens with one attached hydrogen (secondary N) is 1. The van der Waals surface area contributed by atoms with Gasteiger partial charge in [0.25, 0.3) is 0 Å². The fourth-order valence-electron chi connectivity index (χ4n) is 3.39. The zero-order valence-corrected chi connectivity index (χ0v) is 17.0. The van der Waals surface area contributed by atoms with E-state index in [1.807, 2.05) is 31.2 Å². The fraction of sp³-hybridized carbons (Fsp3) is 0.417. The van der Waals surface area contributed by atoms with E-state index in [1.165, 1.54) is 0 Å². The number of amides is 1. The maximum atomic E-state index is 12.9. The summed E-state index contributed by atoms with van der Waals surface area (Å²) in [6.07, 6.45) is 3.76. The van der Waals surface area contributed by atoms with Crippen molar-refractivity contribution in [2.75, 3.05) is 0 Å². The van der Waals surface area contributed by atoms with Gasteiger partial charge in [-0.05, 0) is 60.9 Å². The monoisotopic (exact) mass is 381 g/mol. The van der Waals surface area contributed by atoms with Crippen LogP contribution in [0.4, 0.5) is 0 Å². The Balaban J connectivity index is 1.99. The number of carbonyl (C=O) groups excluding carboxylic acids is 2. The summed E-state index contributed by atoms with van der Waals surface area (Å²) >= 11 is 0. The van der Waals surface area contributed by atoms with E-state index in [0.717, 1.165) is 42.2 Å². The van der Waals surface area contributed by atoms with Gasteiger partial charge in [0.1, 0.15) is 12.0 Å². The van der Waals surface area contributed by atoms with Gasteiger partial charge in [-0.15, -0.1) is 0 Å². The molecule has 28 heavy (non-hydrogen) atoms. The molecule has 0 aromatic heterocycles. The molecule has 2 aromatic carbocycles. The Hall–Kier alpha value is -2.62. The molecule has 2 atom stereocenters. The topological polar surface area (TPSA) is 66.4 Å². The van der Waals surface area contributed by atoms with Crippen LogP contribution in [0.1, 0.15) is 56.2 Å². The minimum absolute atomic E-state index is 0.0140. The van der Waals surface area contributed by atoms with Gasteiger partial charge in [0.2, 0.25) is 5.91 Å². The standard InChI is InChI=1S/C24H31NO3/c1-17(2)15-23(21-10-12-22(27)13-11-21)24(28)25-18(3)16-20-8-6-19(7-9-20)5-4-14-26/h6-14,17-18,23,27H,4-5,15-16H2,1-3H3,(H,25,28)/t18-,23?/m1/s1. The van der Waals surface area contributed by atoms with Crippen LogP contribution >= 0.6 is 0 Å². The second-order valence-electron chi connectivity index (χ2n) is 7.91. The Morgan fingerprint density at radius 1 is 1.00 bits per heavy atom. The zero-order valence-electron chi connectivity index (χ0n) is 17.0. The lowest BCUT2D eigenvalue weighted by Gasteiger charge is -2.22. The van der Waals surface area contributed by atoms with Crippen LogP contribution in [0.15, 0.2) is 48.5 Å². The highest BCUT2D eigenvalue weighted by Crippen LogP contribution is 2.26. The van der Waals surface area contributed by atoms with Crippen molar-refractivity contribution in [2.45, 2.75) is 58.4 Å². The maximum Gasteiger partial charge on any atom is 0.227 e. The highest BCUT2D eigenvalue weighted by Gasteiger charge is 2.23. The summed E-state index contributed by atoms with van der Waals surface area (Å²) < 4.78 is 0. The molecule has 2 rings (SSSR count). The normalized spacial score (nSPS) is 13.1. The number of aryl methyl sites for hydroxylation is 1. The number of phenols is 1. The van der Waals surface area contributed by atoms with Crippen molar-refractivity contribution in [2.24, 2.45) is 5.92 Å².